The van der Waals surface area contributed by atoms with Crippen LogP contribution < -0.4 is 10.9 Å². The number of amides is 1. The van der Waals surface area contributed by atoms with Gasteiger partial charge in [-0.05, 0) is 63.1 Å². The van der Waals surface area contributed by atoms with Crippen molar-refractivity contribution in [1.29, 1.82) is 0 Å². The topological polar surface area (TPSA) is 90.5 Å². The third kappa shape index (κ3) is 4.95. The number of ether oxygens (including phenoxy) is 1. The lowest BCUT2D eigenvalue weighted by molar-refractivity contribution is -0.116. The van der Waals surface area contributed by atoms with E-state index in [0.29, 0.717) is 29.3 Å². The van der Waals surface area contributed by atoms with Crippen LogP contribution in [-0.4, -0.2) is 38.3 Å². The molecule has 1 N–H and O–H groups in total. The zero-order chi connectivity index (χ0) is 25.2. The minimum Gasteiger partial charge on any atom is -0.381 e. The quantitative estimate of drug-likeness (QED) is 0.435. The largest absolute Gasteiger partial charge is 0.381 e. The van der Waals surface area contributed by atoms with Crippen LogP contribution in [0.1, 0.15) is 48.4 Å². The molecule has 0 bridgehead atoms. The molecule has 0 aliphatic heterocycles. The molecule has 1 fully saturated rings. The standard InChI is InChI=1S/C28H31N5O3/c1-18-4-12-23(13-5-18)29-25(34)17-32-19(2)16-26(35)33-28(32)30-27(31-33)22-8-6-20(7-9-22)21-10-14-24(36-3)15-11-21/h4-9,12-13,16,21,24H,10-11,14-15,17H2,1-3H3,(H,29,34). The number of hydrogen-bond acceptors (Lipinski definition) is 5. The highest BCUT2D eigenvalue weighted by atomic mass is 16.5. The van der Waals surface area contributed by atoms with E-state index in [1.54, 1.807) is 18.6 Å². The first-order valence-electron chi connectivity index (χ1n) is 12.4. The van der Waals surface area contributed by atoms with Crippen LogP contribution in [-0.2, 0) is 16.1 Å². The molecule has 1 aliphatic rings. The number of fused-ring (bicyclic) bond motifs is 1. The van der Waals surface area contributed by atoms with Crippen LogP contribution in [0.2, 0.25) is 0 Å². The Hall–Kier alpha value is -3.78. The first-order valence-corrected chi connectivity index (χ1v) is 12.4. The number of carbonyl (C=O) groups is 1. The molecule has 0 spiro atoms. The van der Waals surface area contributed by atoms with Gasteiger partial charge in [0.1, 0.15) is 6.54 Å². The number of anilines is 1. The highest BCUT2D eigenvalue weighted by Gasteiger charge is 2.22. The van der Waals surface area contributed by atoms with Crippen LogP contribution >= 0.6 is 0 Å². The van der Waals surface area contributed by atoms with Gasteiger partial charge in [0.2, 0.25) is 11.7 Å². The minimum atomic E-state index is -0.275. The molecule has 0 atom stereocenters. The van der Waals surface area contributed by atoms with Crippen molar-refractivity contribution in [2.75, 3.05) is 12.4 Å². The summed E-state index contributed by atoms with van der Waals surface area (Å²) in [5, 5.41) is 7.38. The molecule has 2 heterocycles. The summed E-state index contributed by atoms with van der Waals surface area (Å²) in [5.74, 6) is 1.13. The number of hydrogen-bond donors (Lipinski definition) is 1. The van der Waals surface area contributed by atoms with E-state index < -0.39 is 0 Å². The number of nitrogens with zero attached hydrogens (tertiary/aromatic N) is 4. The van der Waals surface area contributed by atoms with E-state index in [1.807, 2.05) is 43.3 Å². The Bertz CT molecular complexity index is 1430. The molecule has 2 aromatic heterocycles. The van der Waals surface area contributed by atoms with Crippen molar-refractivity contribution in [2.45, 2.75) is 58.1 Å². The van der Waals surface area contributed by atoms with E-state index >= 15 is 0 Å². The Kier molecular flexibility index (Phi) is 6.69. The second-order valence-electron chi connectivity index (χ2n) is 9.60. The van der Waals surface area contributed by atoms with Gasteiger partial charge in [-0.1, -0.05) is 42.0 Å². The van der Waals surface area contributed by atoms with Crippen molar-refractivity contribution in [3.8, 4) is 11.4 Å². The molecule has 8 nitrogen and oxygen atoms in total. The summed E-state index contributed by atoms with van der Waals surface area (Å²) in [5.41, 5.74) is 4.35. The first kappa shape index (κ1) is 23.9. The number of benzene rings is 2. The van der Waals surface area contributed by atoms with Gasteiger partial charge in [-0.25, -0.2) is 0 Å². The maximum absolute atomic E-state index is 12.8. The summed E-state index contributed by atoms with van der Waals surface area (Å²) >= 11 is 0. The lowest BCUT2D eigenvalue weighted by Gasteiger charge is -2.27. The number of carbonyl (C=O) groups excluding carboxylic acids is 1. The summed E-state index contributed by atoms with van der Waals surface area (Å²) in [7, 11) is 1.79. The Morgan fingerprint density at radius 2 is 1.72 bits per heavy atom. The molecule has 1 amide bonds. The number of methoxy groups -OCH3 is 1. The molecule has 5 rings (SSSR count). The SMILES string of the molecule is COC1CCC(c2ccc(-c3nc4n(CC(=O)Nc5ccc(C)cc5)c(C)cc(=O)n4n3)cc2)CC1. The highest BCUT2D eigenvalue weighted by molar-refractivity contribution is 5.90. The van der Waals surface area contributed by atoms with Crippen molar-refractivity contribution in [1.82, 2.24) is 19.2 Å². The number of rotatable bonds is 6. The summed E-state index contributed by atoms with van der Waals surface area (Å²) in [4.78, 5) is 30.1. The maximum Gasteiger partial charge on any atom is 0.275 e. The van der Waals surface area contributed by atoms with Crippen molar-refractivity contribution < 1.29 is 9.53 Å². The average Bonchev–Trinajstić information content (AvgIpc) is 3.34. The monoisotopic (exact) mass is 485 g/mol. The molecule has 1 saturated carbocycles. The summed E-state index contributed by atoms with van der Waals surface area (Å²) in [6.45, 7) is 3.81. The van der Waals surface area contributed by atoms with Crippen LogP contribution in [0, 0.1) is 13.8 Å². The van der Waals surface area contributed by atoms with E-state index in [2.05, 4.69) is 27.5 Å². The van der Waals surface area contributed by atoms with E-state index in [1.165, 1.54) is 16.1 Å². The maximum atomic E-state index is 12.8. The molecule has 4 aromatic rings. The fourth-order valence-electron chi connectivity index (χ4n) is 4.94. The highest BCUT2D eigenvalue weighted by Crippen LogP contribution is 2.34. The molecule has 0 unspecified atom stereocenters. The van der Waals surface area contributed by atoms with Gasteiger partial charge in [-0.3, -0.25) is 9.59 Å². The van der Waals surface area contributed by atoms with Gasteiger partial charge in [0, 0.05) is 30.1 Å². The predicted octanol–water partition coefficient (Wildman–Crippen LogP) is 4.49. The number of nitrogens with one attached hydrogen (secondary N) is 1. The molecule has 0 saturated heterocycles. The predicted molar refractivity (Wildman–Crippen MR) is 139 cm³/mol. The van der Waals surface area contributed by atoms with Crippen LogP contribution in [0.4, 0.5) is 5.69 Å². The van der Waals surface area contributed by atoms with E-state index in [0.717, 1.165) is 42.5 Å². The van der Waals surface area contributed by atoms with Crippen molar-refractivity contribution >= 4 is 17.4 Å². The van der Waals surface area contributed by atoms with Crippen LogP contribution in [0.5, 0.6) is 0 Å². The lowest BCUT2D eigenvalue weighted by Crippen LogP contribution is -2.25. The molecule has 36 heavy (non-hydrogen) atoms. The van der Waals surface area contributed by atoms with Crippen molar-refractivity contribution in [3.05, 3.63) is 81.8 Å². The summed E-state index contributed by atoms with van der Waals surface area (Å²) in [6, 6.07) is 17.4. The Morgan fingerprint density at radius 1 is 1.03 bits per heavy atom. The smallest absolute Gasteiger partial charge is 0.275 e. The van der Waals surface area contributed by atoms with Gasteiger partial charge in [-0.15, -0.1) is 5.10 Å². The fraction of sp³-hybridized carbons (Fsp3) is 0.357. The van der Waals surface area contributed by atoms with Gasteiger partial charge >= 0.3 is 0 Å². The summed E-state index contributed by atoms with van der Waals surface area (Å²) < 4.78 is 8.47. The molecule has 1 aliphatic carbocycles. The fourth-order valence-corrected chi connectivity index (χ4v) is 4.94. The zero-order valence-corrected chi connectivity index (χ0v) is 20.9. The minimum absolute atomic E-state index is 0.0186. The molecule has 8 heteroatoms. The van der Waals surface area contributed by atoms with Crippen LogP contribution in [0.3, 0.4) is 0 Å². The molecule has 186 valence electrons. The van der Waals surface area contributed by atoms with Gasteiger partial charge in [0.25, 0.3) is 5.56 Å². The Balaban J connectivity index is 1.38. The van der Waals surface area contributed by atoms with Crippen LogP contribution in [0.15, 0.2) is 59.4 Å². The Morgan fingerprint density at radius 3 is 2.39 bits per heavy atom. The van der Waals surface area contributed by atoms with Crippen LogP contribution in [0.25, 0.3) is 17.2 Å². The first-order chi connectivity index (χ1) is 17.4. The second-order valence-corrected chi connectivity index (χ2v) is 9.60. The average molecular weight is 486 g/mol. The van der Waals surface area contributed by atoms with E-state index in [9.17, 15) is 9.59 Å². The molecule has 0 radical (unpaired) electrons. The normalized spacial score (nSPS) is 17.9. The summed E-state index contributed by atoms with van der Waals surface area (Å²) in [6.07, 6.45) is 4.78. The van der Waals surface area contributed by atoms with Gasteiger partial charge in [0.05, 0.1) is 6.10 Å². The van der Waals surface area contributed by atoms with E-state index in [4.69, 9.17) is 4.74 Å². The van der Waals surface area contributed by atoms with Gasteiger partial charge in [-0.2, -0.15) is 9.50 Å². The zero-order valence-electron chi connectivity index (χ0n) is 20.9. The third-order valence-corrected chi connectivity index (χ3v) is 7.08. The van der Waals surface area contributed by atoms with Gasteiger partial charge in [0.15, 0.2) is 5.82 Å². The van der Waals surface area contributed by atoms with Gasteiger partial charge < -0.3 is 14.6 Å². The molecule has 2 aromatic carbocycles. The number of aromatic nitrogens is 4. The van der Waals surface area contributed by atoms with E-state index in [-0.39, 0.29) is 18.0 Å². The molecular formula is C28H31N5O3. The molecular weight excluding hydrogens is 454 g/mol. The third-order valence-electron chi connectivity index (χ3n) is 7.08. The Labute approximate surface area is 209 Å². The van der Waals surface area contributed by atoms with Crippen molar-refractivity contribution in [2.24, 2.45) is 0 Å². The lowest BCUT2D eigenvalue weighted by atomic mass is 9.82. The number of aryl methyl sites for hydroxylation is 2. The second kappa shape index (κ2) is 10.1. The van der Waals surface area contributed by atoms with Crippen molar-refractivity contribution in [3.63, 3.8) is 0 Å².